The van der Waals surface area contributed by atoms with E-state index in [-0.39, 0.29) is 17.9 Å². The maximum atomic E-state index is 13.7. The molecule has 0 saturated carbocycles. The third-order valence-corrected chi connectivity index (χ3v) is 3.42. The third kappa shape index (κ3) is 3.60. The molecule has 1 aromatic heterocycles. The van der Waals surface area contributed by atoms with Crippen molar-refractivity contribution in [1.29, 1.82) is 5.26 Å². The molecule has 0 aliphatic carbocycles. The summed E-state index contributed by atoms with van der Waals surface area (Å²) in [5.74, 6) is -0.403. The number of nitrogens with zero attached hydrogens (tertiary/aromatic N) is 3. The Labute approximate surface area is 123 Å². The molecule has 0 saturated heterocycles. The fourth-order valence-electron chi connectivity index (χ4n) is 2.16. The lowest BCUT2D eigenvalue weighted by Crippen LogP contribution is -2.08. The van der Waals surface area contributed by atoms with Gasteiger partial charge >= 0.3 is 0 Å². The number of benzene rings is 1. The first-order chi connectivity index (χ1) is 10.2. The van der Waals surface area contributed by atoms with Crippen molar-refractivity contribution in [1.82, 2.24) is 9.78 Å². The Hall–Kier alpha value is -2.35. The number of hydrogen-bond donors (Lipinski definition) is 0. The SMILES string of the molecule is CCC(CC)n1ccc(COc2ccc(C#N)cc2F)n1. The summed E-state index contributed by atoms with van der Waals surface area (Å²) >= 11 is 0. The van der Waals surface area contributed by atoms with Gasteiger partial charge in [0.1, 0.15) is 6.61 Å². The highest BCUT2D eigenvalue weighted by molar-refractivity contribution is 5.36. The zero-order valence-electron chi connectivity index (χ0n) is 12.2. The predicted octanol–water partition coefficient (Wildman–Crippen LogP) is 3.83. The zero-order chi connectivity index (χ0) is 15.2. The van der Waals surface area contributed by atoms with E-state index >= 15 is 0 Å². The van der Waals surface area contributed by atoms with Crippen LogP contribution in [0.3, 0.4) is 0 Å². The second kappa shape index (κ2) is 6.89. The van der Waals surface area contributed by atoms with Crippen molar-refractivity contribution in [3.05, 3.63) is 47.5 Å². The fourth-order valence-corrected chi connectivity index (χ4v) is 2.16. The molecule has 0 aliphatic heterocycles. The Kier molecular flexibility index (Phi) is 4.94. The summed E-state index contributed by atoms with van der Waals surface area (Å²) in [6, 6.07) is 8.30. The molecule has 0 radical (unpaired) electrons. The van der Waals surface area contributed by atoms with E-state index in [1.165, 1.54) is 12.1 Å². The summed E-state index contributed by atoms with van der Waals surface area (Å²) in [5, 5.41) is 13.1. The van der Waals surface area contributed by atoms with E-state index in [9.17, 15) is 4.39 Å². The molecule has 1 aromatic carbocycles. The smallest absolute Gasteiger partial charge is 0.166 e. The minimum atomic E-state index is -0.534. The van der Waals surface area contributed by atoms with Gasteiger partial charge in [-0.05, 0) is 37.1 Å². The van der Waals surface area contributed by atoms with E-state index in [0.29, 0.717) is 6.04 Å². The predicted molar refractivity (Wildman–Crippen MR) is 77.3 cm³/mol. The first kappa shape index (κ1) is 15.0. The van der Waals surface area contributed by atoms with Gasteiger partial charge in [0, 0.05) is 6.20 Å². The van der Waals surface area contributed by atoms with Gasteiger partial charge in [0.2, 0.25) is 0 Å². The van der Waals surface area contributed by atoms with Crippen molar-refractivity contribution >= 4 is 0 Å². The molecule has 0 N–H and O–H groups in total. The van der Waals surface area contributed by atoms with Gasteiger partial charge in [0.25, 0.3) is 0 Å². The van der Waals surface area contributed by atoms with Crippen LogP contribution in [0.1, 0.15) is 44.0 Å². The molecule has 0 amide bonds. The van der Waals surface area contributed by atoms with Crippen LogP contribution >= 0.6 is 0 Å². The number of halogens is 1. The number of nitriles is 1. The highest BCUT2D eigenvalue weighted by Crippen LogP contribution is 2.20. The van der Waals surface area contributed by atoms with Crippen LogP contribution < -0.4 is 4.74 Å². The van der Waals surface area contributed by atoms with Gasteiger partial charge in [-0.15, -0.1) is 0 Å². The molecule has 4 nitrogen and oxygen atoms in total. The number of rotatable bonds is 6. The Bertz CT molecular complexity index is 641. The lowest BCUT2D eigenvalue weighted by molar-refractivity contribution is 0.282. The lowest BCUT2D eigenvalue weighted by atomic mass is 10.2. The first-order valence-corrected chi connectivity index (χ1v) is 7.04. The number of hydrogen-bond acceptors (Lipinski definition) is 3. The van der Waals surface area contributed by atoms with Crippen LogP contribution in [-0.2, 0) is 6.61 Å². The highest BCUT2D eigenvalue weighted by atomic mass is 19.1. The molecular formula is C16H18FN3O. The molecular weight excluding hydrogens is 269 g/mol. The lowest BCUT2D eigenvalue weighted by Gasteiger charge is -2.12. The molecule has 21 heavy (non-hydrogen) atoms. The average Bonchev–Trinajstić information content (AvgIpc) is 2.96. The van der Waals surface area contributed by atoms with E-state index < -0.39 is 5.82 Å². The summed E-state index contributed by atoms with van der Waals surface area (Å²) in [6.07, 6.45) is 3.96. The third-order valence-electron chi connectivity index (χ3n) is 3.42. The van der Waals surface area contributed by atoms with Gasteiger partial charge in [-0.2, -0.15) is 10.4 Å². The Morgan fingerprint density at radius 2 is 2.10 bits per heavy atom. The van der Waals surface area contributed by atoms with Crippen molar-refractivity contribution in [2.24, 2.45) is 0 Å². The molecule has 0 spiro atoms. The highest BCUT2D eigenvalue weighted by Gasteiger charge is 2.09. The average molecular weight is 287 g/mol. The van der Waals surface area contributed by atoms with E-state index in [4.69, 9.17) is 10.00 Å². The maximum Gasteiger partial charge on any atom is 0.166 e. The standard InChI is InChI=1S/C16H18FN3O/c1-3-14(4-2)20-8-7-13(19-20)11-21-16-6-5-12(10-18)9-15(16)17/h5-9,14H,3-4,11H2,1-2H3. The number of aromatic nitrogens is 2. The van der Waals surface area contributed by atoms with Crippen molar-refractivity contribution in [3.63, 3.8) is 0 Å². The molecule has 0 unspecified atom stereocenters. The summed E-state index contributed by atoms with van der Waals surface area (Å²) in [4.78, 5) is 0. The fraction of sp³-hybridized carbons (Fsp3) is 0.375. The van der Waals surface area contributed by atoms with Gasteiger partial charge in [-0.1, -0.05) is 13.8 Å². The summed E-state index contributed by atoms with van der Waals surface area (Å²) < 4.78 is 21.0. The van der Waals surface area contributed by atoms with Gasteiger partial charge < -0.3 is 4.74 Å². The minimum absolute atomic E-state index is 0.131. The minimum Gasteiger partial charge on any atom is -0.484 e. The molecule has 0 fully saturated rings. The second-order valence-electron chi connectivity index (χ2n) is 4.80. The second-order valence-corrected chi connectivity index (χ2v) is 4.80. The van der Waals surface area contributed by atoms with E-state index in [1.54, 1.807) is 0 Å². The van der Waals surface area contributed by atoms with Crippen LogP contribution in [0.25, 0.3) is 0 Å². The van der Waals surface area contributed by atoms with Crippen LogP contribution in [0, 0.1) is 17.1 Å². The van der Waals surface area contributed by atoms with Crippen LogP contribution in [0.2, 0.25) is 0 Å². The van der Waals surface area contributed by atoms with Crippen LogP contribution in [0.5, 0.6) is 5.75 Å². The molecule has 0 aliphatic rings. The summed E-state index contributed by atoms with van der Waals surface area (Å²) in [6.45, 7) is 4.45. The molecule has 110 valence electrons. The normalized spacial score (nSPS) is 10.6. The van der Waals surface area contributed by atoms with Crippen LogP contribution in [-0.4, -0.2) is 9.78 Å². The Morgan fingerprint density at radius 3 is 2.71 bits per heavy atom. The quantitative estimate of drug-likeness (QED) is 0.811. The van der Waals surface area contributed by atoms with Crippen LogP contribution in [0.15, 0.2) is 30.5 Å². The van der Waals surface area contributed by atoms with Crippen molar-refractivity contribution in [2.75, 3.05) is 0 Å². The van der Waals surface area contributed by atoms with Crippen molar-refractivity contribution < 1.29 is 9.13 Å². The molecule has 1 heterocycles. The molecule has 2 rings (SSSR count). The summed E-state index contributed by atoms with van der Waals surface area (Å²) in [5.41, 5.74) is 1.03. The molecule has 0 atom stereocenters. The van der Waals surface area contributed by atoms with Gasteiger partial charge in [-0.3, -0.25) is 4.68 Å². The Morgan fingerprint density at radius 1 is 1.33 bits per heavy atom. The monoisotopic (exact) mass is 287 g/mol. The van der Waals surface area contributed by atoms with Gasteiger partial charge in [0.05, 0.1) is 23.4 Å². The molecule has 5 heteroatoms. The van der Waals surface area contributed by atoms with Gasteiger partial charge in [0.15, 0.2) is 11.6 Å². The Balaban J connectivity index is 2.02. The van der Waals surface area contributed by atoms with E-state index in [2.05, 4.69) is 18.9 Å². The van der Waals surface area contributed by atoms with Crippen molar-refractivity contribution in [3.8, 4) is 11.8 Å². The first-order valence-electron chi connectivity index (χ1n) is 7.04. The van der Waals surface area contributed by atoms with Crippen molar-refractivity contribution in [2.45, 2.75) is 39.3 Å². The summed E-state index contributed by atoms with van der Waals surface area (Å²) in [7, 11) is 0. The topological polar surface area (TPSA) is 50.8 Å². The van der Waals surface area contributed by atoms with E-state index in [1.807, 2.05) is 23.0 Å². The number of ether oxygens (including phenoxy) is 1. The maximum absolute atomic E-state index is 13.7. The molecule has 0 bridgehead atoms. The van der Waals surface area contributed by atoms with Crippen LogP contribution in [0.4, 0.5) is 4.39 Å². The molecule has 2 aromatic rings. The largest absolute Gasteiger partial charge is 0.484 e. The zero-order valence-corrected chi connectivity index (χ0v) is 12.2. The van der Waals surface area contributed by atoms with E-state index in [0.717, 1.165) is 24.6 Å². The van der Waals surface area contributed by atoms with Gasteiger partial charge in [-0.25, -0.2) is 4.39 Å².